The molecule has 170 valence electrons. The molecule has 1 aromatic heterocycles. The fourth-order valence-electron chi connectivity index (χ4n) is 4.62. The quantitative estimate of drug-likeness (QED) is 0.735. The van der Waals surface area contributed by atoms with Gasteiger partial charge in [-0.3, -0.25) is 19.2 Å². The monoisotopic (exact) mass is 442 g/mol. The van der Waals surface area contributed by atoms with E-state index in [-0.39, 0.29) is 29.9 Å². The van der Waals surface area contributed by atoms with Crippen molar-refractivity contribution in [2.24, 2.45) is 0 Å². The van der Waals surface area contributed by atoms with Gasteiger partial charge in [-0.05, 0) is 50.5 Å². The van der Waals surface area contributed by atoms with Crippen LogP contribution in [0.2, 0.25) is 0 Å². The third-order valence-corrected chi connectivity index (χ3v) is 6.38. The summed E-state index contributed by atoms with van der Waals surface area (Å²) in [5.41, 5.74) is -0.217. The SMILES string of the molecule is COC(=O)c1cc2n(n1)C[C@@](C)(C(=O)NC1CCCCC1)N(c1ccc(F)cc1C)C2=O. The summed E-state index contributed by atoms with van der Waals surface area (Å²) in [6.45, 7) is 3.41. The lowest BCUT2D eigenvalue weighted by atomic mass is 9.90. The molecule has 32 heavy (non-hydrogen) atoms. The number of hydrogen-bond donors (Lipinski definition) is 1. The molecule has 4 rings (SSSR count). The lowest BCUT2D eigenvalue weighted by Crippen LogP contribution is -2.65. The van der Waals surface area contributed by atoms with Crippen molar-refractivity contribution in [1.82, 2.24) is 15.1 Å². The van der Waals surface area contributed by atoms with E-state index in [4.69, 9.17) is 4.74 Å². The number of methoxy groups -OCH3 is 1. The summed E-state index contributed by atoms with van der Waals surface area (Å²) in [7, 11) is 1.23. The molecular weight excluding hydrogens is 415 g/mol. The summed E-state index contributed by atoms with van der Waals surface area (Å²) in [5, 5.41) is 7.33. The number of fused-ring (bicyclic) bond motifs is 1. The third-order valence-electron chi connectivity index (χ3n) is 6.38. The fraction of sp³-hybridized carbons (Fsp3) is 0.478. The van der Waals surface area contributed by atoms with Crippen molar-refractivity contribution < 1.29 is 23.5 Å². The molecule has 1 aliphatic carbocycles. The Morgan fingerprint density at radius 2 is 1.94 bits per heavy atom. The number of ether oxygens (including phenoxy) is 1. The van der Waals surface area contributed by atoms with Gasteiger partial charge in [0.05, 0.1) is 13.7 Å². The molecule has 1 atom stereocenters. The zero-order chi connectivity index (χ0) is 23.0. The maximum absolute atomic E-state index is 13.8. The molecular formula is C23H27FN4O4. The van der Waals surface area contributed by atoms with Gasteiger partial charge in [-0.25, -0.2) is 9.18 Å². The number of anilines is 1. The van der Waals surface area contributed by atoms with Gasteiger partial charge in [-0.1, -0.05) is 19.3 Å². The van der Waals surface area contributed by atoms with Gasteiger partial charge in [0.1, 0.15) is 17.1 Å². The second-order valence-corrected chi connectivity index (χ2v) is 8.72. The largest absolute Gasteiger partial charge is 0.464 e. The van der Waals surface area contributed by atoms with Gasteiger partial charge in [0.15, 0.2) is 5.69 Å². The number of aromatic nitrogens is 2. The van der Waals surface area contributed by atoms with Crippen LogP contribution >= 0.6 is 0 Å². The maximum atomic E-state index is 13.8. The second-order valence-electron chi connectivity index (χ2n) is 8.72. The fourth-order valence-corrected chi connectivity index (χ4v) is 4.62. The Kier molecular flexibility index (Phi) is 5.75. The van der Waals surface area contributed by atoms with Crippen LogP contribution < -0.4 is 10.2 Å². The number of aryl methyl sites for hydroxylation is 1. The number of halogens is 1. The highest BCUT2D eigenvalue weighted by molar-refractivity contribution is 6.12. The Morgan fingerprint density at radius 3 is 2.59 bits per heavy atom. The minimum atomic E-state index is -1.33. The Morgan fingerprint density at radius 1 is 1.22 bits per heavy atom. The summed E-state index contributed by atoms with van der Waals surface area (Å²) in [6.07, 6.45) is 5.03. The van der Waals surface area contributed by atoms with E-state index >= 15 is 0 Å². The lowest BCUT2D eigenvalue weighted by Gasteiger charge is -2.44. The molecule has 0 saturated heterocycles. The first-order chi connectivity index (χ1) is 15.2. The van der Waals surface area contributed by atoms with Gasteiger partial charge in [-0.2, -0.15) is 5.10 Å². The van der Waals surface area contributed by atoms with Crippen molar-refractivity contribution in [1.29, 1.82) is 0 Å². The van der Waals surface area contributed by atoms with E-state index in [9.17, 15) is 18.8 Å². The Labute approximate surface area is 185 Å². The highest BCUT2D eigenvalue weighted by Gasteiger charge is 2.50. The number of carbonyl (C=O) groups excluding carboxylic acids is 3. The minimum absolute atomic E-state index is 0.0106. The van der Waals surface area contributed by atoms with Crippen LogP contribution in [0.15, 0.2) is 24.3 Å². The predicted octanol–water partition coefficient (Wildman–Crippen LogP) is 2.99. The van der Waals surface area contributed by atoms with Crippen molar-refractivity contribution in [2.45, 2.75) is 64.1 Å². The Bertz CT molecular complexity index is 1080. The number of esters is 1. The smallest absolute Gasteiger partial charge is 0.358 e. The number of amides is 2. The van der Waals surface area contributed by atoms with Gasteiger partial charge in [0.2, 0.25) is 5.91 Å². The van der Waals surface area contributed by atoms with E-state index < -0.39 is 23.2 Å². The lowest BCUT2D eigenvalue weighted by molar-refractivity contribution is -0.127. The van der Waals surface area contributed by atoms with Crippen molar-refractivity contribution in [3.63, 3.8) is 0 Å². The van der Waals surface area contributed by atoms with Gasteiger partial charge < -0.3 is 10.1 Å². The summed E-state index contributed by atoms with van der Waals surface area (Å²) in [5.74, 6) is -1.89. The van der Waals surface area contributed by atoms with Crippen molar-refractivity contribution >= 4 is 23.5 Å². The number of benzene rings is 1. The van der Waals surface area contributed by atoms with Crippen LogP contribution in [0.25, 0.3) is 0 Å². The average Bonchev–Trinajstić information content (AvgIpc) is 3.19. The number of nitrogens with zero attached hydrogens (tertiary/aromatic N) is 3. The molecule has 0 bridgehead atoms. The summed E-state index contributed by atoms with van der Waals surface area (Å²) < 4.78 is 19.9. The molecule has 1 saturated carbocycles. The summed E-state index contributed by atoms with van der Waals surface area (Å²) in [6, 6.07) is 5.50. The predicted molar refractivity (Wildman–Crippen MR) is 115 cm³/mol. The third kappa shape index (κ3) is 3.76. The standard InChI is InChI=1S/C23H27FN4O4/c1-14-11-15(24)9-10-18(14)28-20(29)19-12-17(21(30)32-3)26-27(19)13-23(28,2)22(31)25-16-7-5-4-6-8-16/h9-12,16H,4-8,13H2,1-3H3,(H,25,31)/t23-/m0/s1. The molecule has 2 heterocycles. The van der Waals surface area contributed by atoms with E-state index in [1.54, 1.807) is 13.8 Å². The molecule has 1 fully saturated rings. The van der Waals surface area contributed by atoms with Gasteiger partial charge in [0.25, 0.3) is 5.91 Å². The molecule has 0 unspecified atom stereocenters. The molecule has 8 nitrogen and oxygen atoms in total. The second kappa shape index (κ2) is 8.37. The Balaban J connectivity index is 1.78. The normalized spacial score (nSPS) is 21.2. The highest BCUT2D eigenvalue weighted by atomic mass is 19.1. The molecule has 1 aliphatic heterocycles. The first kappa shape index (κ1) is 22.0. The molecule has 2 aromatic rings. The topological polar surface area (TPSA) is 93.5 Å². The molecule has 1 N–H and O–H groups in total. The number of carbonyl (C=O) groups is 3. The zero-order valence-corrected chi connectivity index (χ0v) is 18.5. The minimum Gasteiger partial charge on any atom is -0.464 e. The molecule has 2 amide bonds. The molecule has 0 radical (unpaired) electrons. The first-order valence-electron chi connectivity index (χ1n) is 10.8. The molecule has 9 heteroatoms. The van der Waals surface area contributed by atoms with E-state index in [1.165, 1.54) is 41.0 Å². The van der Waals surface area contributed by atoms with E-state index in [0.29, 0.717) is 11.3 Å². The van der Waals surface area contributed by atoms with Crippen LogP contribution in [-0.4, -0.2) is 46.3 Å². The molecule has 2 aliphatic rings. The van der Waals surface area contributed by atoms with E-state index in [1.807, 2.05) is 0 Å². The zero-order valence-electron chi connectivity index (χ0n) is 18.5. The molecule has 0 spiro atoms. The van der Waals surface area contributed by atoms with E-state index in [2.05, 4.69) is 10.4 Å². The van der Waals surface area contributed by atoms with Crippen LogP contribution in [0.1, 0.15) is 65.6 Å². The van der Waals surface area contributed by atoms with Crippen LogP contribution in [0.5, 0.6) is 0 Å². The van der Waals surface area contributed by atoms with Crippen LogP contribution in [0.4, 0.5) is 10.1 Å². The number of rotatable bonds is 4. The van der Waals surface area contributed by atoms with Crippen molar-refractivity contribution in [2.75, 3.05) is 12.0 Å². The van der Waals surface area contributed by atoms with Gasteiger partial charge in [0, 0.05) is 17.8 Å². The van der Waals surface area contributed by atoms with Gasteiger partial charge >= 0.3 is 5.97 Å². The van der Waals surface area contributed by atoms with Gasteiger partial charge in [-0.15, -0.1) is 0 Å². The first-order valence-corrected chi connectivity index (χ1v) is 10.8. The average molecular weight is 442 g/mol. The summed E-state index contributed by atoms with van der Waals surface area (Å²) >= 11 is 0. The Hall–Kier alpha value is -3.23. The van der Waals surface area contributed by atoms with E-state index in [0.717, 1.165) is 32.1 Å². The highest BCUT2D eigenvalue weighted by Crippen LogP contribution is 2.35. The number of nitrogens with one attached hydrogen (secondary N) is 1. The maximum Gasteiger partial charge on any atom is 0.358 e. The van der Waals surface area contributed by atoms with Crippen molar-refractivity contribution in [3.8, 4) is 0 Å². The van der Waals surface area contributed by atoms with Crippen LogP contribution in [-0.2, 0) is 16.1 Å². The number of hydrogen-bond acceptors (Lipinski definition) is 5. The molecule has 1 aromatic carbocycles. The van der Waals surface area contributed by atoms with Crippen LogP contribution in [0, 0.1) is 12.7 Å². The summed E-state index contributed by atoms with van der Waals surface area (Å²) in [4.78, 5) is 40.6. The van der Waals surface area contributed by atoms with Crippen molar-refractivity contribution in [3.05, 3.63) is 47.0 Å². The van der Waals surface area contributed by atoms with Crippen LogP contribution in [0.3, 0.4) is 0 Å².